The first kappa shape index (κ1) is 12.9. The van der Waals surface area contributed by atoms with Crippen LogP contribution >= 0.6 is 0 Å². The number of para-hydroxylation sites is 1. The van der Waals surface area contributed by atoms with Crippen molar-refractivity contribution < 1.29 is 0 Å². The molecule has 0 radical (unpaired) electrons. The summed E-state index contributed by atoms with van der Waals surface area (Å²) in [5.74, 6) is 0. The summed E-state index contributed by atoms with van der Waals surface area (Å²) >= 11 is -1.88. The number of rotatable bonds is 3. The zero-order valence-corrected chi connectivity index (χ0v) is 12.7. The fourth-order valence-corrected chi connectivity index (χ4v) is 6.89. The van der Waals surface area contributed by atoms with Gasteiger partial charge in [-0.05, 0) is 0 Å². The van der Waals surface area contributed by atoms with E-state index in [1.54, 1.807) is 0 Å². The Kier molecular flexibility index (Phi) is 3.90. The Balaban J connectivity index is 2.31. The molecule has 0 heterocycles. The molecule has 0 saturated carbocycles. The third-order valence-corrected chi connectivity index (χ3v) is 9.06. The molecule has 0 aromatic heterocycles. The molecular formula is C16H17AsN+. The van der Waals surface area contributed by atoms with E-state index in [0.717, 1.165) is 10.9 Å². The summed E-state index contributed by atoms with van der Waals surface area (Å²) in [7, 11) is 0. The maximum atomic E-state index is 7.24. The van der Waals surface area contributed by atoms with Gasteiger partial charge in [0.1, 0.15) is 0 Å². The molecule has 2 aromatic carbocycles. The summed E-state index contributed by atoms with van der Waals surface area (Å²) in [6.45, 7) is 7.24. The van der Waals surface area contributed by atoms with Crippen LogP contribution in [0, 0.1) is 6.57 Å². The van der Waals surface area contributed by atoms with Crippen LogP contribution in [0.2, 0.25) is 11.4 Å². The molecule has 0 bridgehead atoms. The molecule has 0 aliphatic heterocycles. The van der Waals surface area contributed by atoms with Gasteiger partial charge in [-0.1, -0.05) is 0 Å². The standard InChI is InChI=1S/C16H17AsN/c1-17(2,15-10-5-4-6-11-15)13-14-9-7-8-12-16(14)18-3/h4-12H,13H2,1-2H3/q+1. The molecule has 0 N–H and O–H groups in total. The molecule has 18 heavy (non-hydrogen) atoms. The van der Waals surface area contributed by atoms with E-state index in [-0.39, 0.29) is 0 Å². The Morgan fingerprint density at radius 3 is 2.22 bits per heavy atom. The van der Waals surface area contributed by atoms with Gasteiger partial charge in [0, 0.05) is 0 Å². The van der Waals surface area contributed by atoms with Crippen molar-refractivity contribution in [1.82, 2.24) is 0 Å². The molecule has 2 aromatic rings. The Bertz CT molecular complexity index is 567. The van der Waals surface area contributed by atoms with Crippen LogP contribution in [0.1, 0.15) is 5.56 Å². The van der Waals surface area contributed by atoms with Crippen LogP contribution in [0.15, 0.2) is 54.6 Å². The molecule has 2 heteroatoms. The number of benzene rings is 2. The summed E-state index contributed by atoms with van der Waals surface area (Å²) < 4.78 is 1.48. The van der Waals surface area contributed by atoms with Gasteiger partial charge in [0.25, 0.3) is 0 Å². The first-order valence-electron chi connectivity index (χ1n) is 5.97. The predicted octanol–water partition coefficient (Wildman–Crippen LogP) is 3.93. The minimum atomic E-state index is -1.88. The van der Waals surface area contributed by atoms with Crippen LogP contribution in [-0.4, -0.2) is 13.6 Å². The van der Waals surface area contributed by atoms with Crippen molar-refractivity contribution in [2.24, 2.45) is 0 Å². The van der Waals surface area contributed by atoms with Crippen LogP contribution in [-0.2, 0) is 5.21 Å². The summed E-state index contributed by atoms with van der Waals surface area (Å²) in [6, 6.07) is 18.7. The third-order valence-electron chi connectivity index (χ3n) is 3.13. The van der Waals surface area contributed by atoms with Crippen molar-refractivity contribution in [1.29, 1.82) is 0 Å². The molecule has 1 nitrogen and oxygen atoms in total. The van der Waals surface area contributed by atoms with Crippen molar-refractivity contribution in [3.05, 3.63) is 71.6 Å². The van der Waals surface area contributed by atoms with Crippen LogP contribution < -0.4 is 4.35 Å². The van der Waals surface area contributed by atoms with E-state index in [1.807, 2.05) is 18.2 Å². The first-order valence-corrected chi connectivity index (χ1v) is 12.0. The Morgan fingerprint density at radius 1 is 0.944 bits per heavy atom. The van der Waals surface area contributed by atoms with Crippen LogP contribution in [0.5, 0.6) is 0 Å². The summed E-state index contributed by atoms with van der Waals surface area (Å²) in [5, 5.41) is 1.06. The fourth-order valence-electron chi connectivity index (χ4n) is 2.10. The third kappa shape index (κ3) is 2.84. The summed E-state index contributed by atoms with van der Waals surface area (Å²) in [4.78, 5) is 3.63. The van der Waals surface area contributed by atoms with Gasteiger partial charge in [0.2, 0.25) is 0 Å². The van der Waals surface area contributed by atoms with Gasteiger partial charge in [-0.2, -0.15) is 0 Å². The van der Waals surface area contributed by atoms with Crippen LogP contribution in [0.25, 0.3) is 4.85 Å². The van der Waals surface area contributed by atoms with Crippen molar-refractivity contribution in [3.8, 4) is 0 Å². The van der Waals surface area contributed by atoms with E-state index in [1.165, 1.54) is 9.91 Å². The number of hydrogen-bond acceptors (Lipinski definition) is 0. The zero-order chi connectivity index (χ0) is 13.0. The molecule has 90 valence electrons. The van der Waals surface area contributed by atoms with Gasteiger partial charge in [-0.15, -0.1) is 0 Å². The molecule has 0 saturated heterocycles. The SMILES string of the molecule is [C-]#[N+]c1ccccc1C[As+](C)(C)c1ccccc1. The second kappa shape index (κ2) is 5.42. The van der Waals surface area contributed by atoms with Gasteiger partial charge in [0.05, 0.1) is 0 Å². The van der Waals surface area contributed by atoms with Gasteiger partial charge in [-0.25, -0.2) is 0 Å². The number of nitrogens with zero attached hydrogens (tertiary/aromatic N) is 1. The number of hydrogen-bond donors (Lipinski definition) is 0. The van der Waals surface area contributed by atoms with E-state index >= 15 is 0 Å². The second-order valence-electron chi connectivity index (χ2n) is 4.92. The molecule has 0 fully saturated rings. The average molecular weight is 298 g/mol. The van der Waals surface area contributed by atoms with Crippen molar-refractivity contribution in [3.63, 3.8) is 0 Å². The zero-order valence-electron chi connectivity index (χ0n) is 10.8. The molecule has 0 atom stereocenters. The van der Waals surface area contributed by atoms with Gasteiger partial charge >= 0.3 is 112 Å². The fraction of sp³-hybridized carbons (Fsp3) is 0.188. The van der Waals surface area contributed by atoms with Crippen molar-refractivity contribution >= 4 is 23.6 Å². The topological polar surface area (TPSA) is 4.36 Å². The Morgan fingerprint density at radius 2 is 1.56 bits per heavy atom. The molecule has 0 aliphatic rings. The van der Waals surface area contributed by atoms with E-state index in [0.29, 0.717) is 0 Å². The van der Waals surface area contributed by atoms with E-state index in [2.05, 4.69) is 52.7 Å². The molecule has 0 spiro atoms. The molecule has 0 amide bonds. The predicted molar refractivity (Wildman–Crippen MR) is 80.0 cm³/mol. The van der Waals surface area contributed by atoms with Crippen LogP contribution in [0.3, 0.4) is 0 Å². The van der Waals surface area contributed by atoms with Crippen molar-refractivity contribution in [2.75, 3.05) is 0 Å². The van der Waals surface area contributed by atoms with E-state index in [9.17, 15) is 0 Å². The quantitative estimate of drug-likeness (QED) is 0.597. The normalized spacial score (nSPS) is 10.9. The molecule has 0 aliphatic carbocycles. The molecule has 2 rings (SSSR count). The summed E-state index contributed by atoms with van der Waals surface area (Å²) in [6.07, 6.45) is 0. The Hall–Kier alpha value is -1.51. The van der Waals surface area contributed by atoms with Gasteiger partial charge in [0.15, 0.2) is 0 Å². The second-order valence-corrected chi connectivity index (χ2v) is 13.7. The first-order chi connectivity index (χ1) is 8.63. The van der Waals surface area contributed by atoms with Gasteiger partial charge in [-0.3, -0.25) is 0 Å². The van der Waals surface area contributed by atoms with Gasteiger partial charge < -0.3 is 0 Å². The van der Waals surface area contributed by atoms with E-state index < -0.39 is 13.6 Å². The molecular weight excluding hydrogens is 281 g/mol. The Labute approximate surface area is 112 Å². The van der Waals surface area contributed by atoms with Crippen LogP contribution in [0.4, 0.5) is 5.69 Å². The maximum absolute atomic E-state index is 7.24. The monoisotopic (exact) mass is 298 g/mol. The average Bonchev–Trinajstić information content (AvgIpc) is 2.40. The minimum absolute atomic E-state index is 0.808. The van der Waals surface area contributed by atoms with Crippen molar-refractivity contribution in [2.45, 2.75) is 16.6 Å². The van der Waals surface area contributed by atoms with E-state index in [4.69, 9.17) is 6.57 Å². The summed E-state index contributed by atoms with van der Waals surface area (Å²) in [5.41, 5.74) is 6.81. The molecule has 0 unspecified atom stereocenters.